The van der Waals surface area contributed by atoms with Crippen LogP contribution in [0, 0.1) is 11.8 Å². The van der Waals surface area contributed by atoms with E-state index >= 15 is 0 Å². The van der Waals surface area contributed by atoms with E-state index in [1.807, 2.05) is 6.26 Å². The SMILES string of the molecule is CN=C(NCCCc1nnc(SC)n1CC(C)C)NCCOCCC(C)C. The highest BCUT2D eigenvalue weighted by molar-refractivity contribution is 7.98. The van der Waals surface area contributed by atoms with Crippen molar-refractivity contribution in [2.45, 2.75) is 58.7 Å². The molecule has 0 atom stereocenters. The zero-order valence-corrected chi connectivity index (χ0v) is 18.7. The average molecular weight is 399 g/mol. The van der Waals surface area contributed by atoms with E-state index in [1.54, 1.807) is 18.8 Å². The Morgan fingerprint density at radius 3 is 2.48 bits per heavy atom. The quantitative estimate of drug-likeness (QED) is 0.230. The Morgan fingerprint density at radius 2 is 1.85 bits per heavy atom. The van der Waals surface area contributed by atoms with Crippen LogP contribution in [-0.2, 0) is 17.7 Å². The Morgan fingerprint density at radius 1 is 1.11 bits per heavy atom. The van der Waals surface area contributed by atoms with Gasteiger partial charge in [0.05, 0.1) is 6.61 Å². The number of guanidine groups is 1. The average Bonchev–Trinajstić information content (AvgIpc) is 3.00. The first-order valence-electron chi connectivity index (χ1n) is 9.96. The number of hydrogen-bond acceptors (Lipinski definition) is 5. The van der Waals surface area contributed by atoms with Crippen molar-refractivity contribution in [1.29, 1.82) is 0 Å². The second-order valence-corrected chi connectivity index (χ2v) is 8.20. The molecule has 1 rings (SSSR count). The smallest absolute Gasteiger partial charge is 0.191 e. The van der Waals surface area contributed by atoms with Gasteiger partial charge >= 0.3 is 0 Å². The molecule has 0 amide bonds. The fourth-order valence-electron chi connectivity index (χ4n) is 2.54. The van der Waals surface area contributed by atoms with Crippen LogP contribution in [0.15, 0.2) is 10.1 Å². The highest BCUT2D eigenvalue weighted by atomic mass is 32.2. The Hall–Kier alpha value is -1.28. The monoisotopic (exact) mass is 398 g/mol. The summed E-state index contributed by atoms with van der Waals surface area (Å²) in [5, 5.41) is 16.3. The van der Waals surface area contributed by atoms with E-state index in [0.29, 0.717) is 18.4 Å². The molecule has 0 saturated carbocycles. The lowest BCUT2D eigenvalue weighted by molar-refractivity contribution is 0.128. The predicted octanol–water partition coefficient (Wildman–Crippen LogP) is 2.82. The molecule has 27 heavy (non-hydrogen) atoms. The van der Waals surface area contributed by atoms with E-state index in [1.165, 1.54) is 0 Å². The van der Waals surface area contributed by atoms with Crippen LogP contribution >= 0.6 is 11.8 Å². The van der Waals surface area contributed by atoms with Crippen molar-refractivity contribution < 1.29 is 4.74 Å². The molecule has 0 fully saturated rings. The minimum atomic E-state index is 0.578. The van der Waals surface area contributed by atoms with Crippen LogP contribution in [0.25, 0.3) is 0 Å². The number of thioether (sulfide) groups is 1. The molecular formula is C19H38N6OS. The minimum Gasteiger partial charge on any atom is -0.380 e. The van der Waals surface area contributed by atoms with Gasteiger partial charge in [0.15, 0.2) is 11.1 Å². The lowest BCUT2D eigenvalue weighted by Gasteiger charge is -2.13. The Balaban J connectivity index is 2.27. The summed E-state index contributed by atoms with van der Waals surface area (Å²) in [6.45, 7) is 12.9. The van der Waals surface area contributed by atoms with E-state index in [2.05, 4.69) is 58.1 Å². The zero-order valence-electron chi connectivity index (χ0n) is 17.9. The fourth-order valence-corrected chi connectivity index (χ4v) is 3.06. The van der Waals surface area contributed by atoms with E-state index in [0.717, 1.165) is 62.4 Å². The van der Waals surface area contributed by atoms with Gasteiger partial charge in [0.2, 0.25) is 0 Å². The van der Waals surface area contributed by atoms with E-state index in [9.17, 15) is 0 Å². The van der Waals surface area contributed by atoms with Gasteiger partial charge < -0.3 is 19.9 Å². The molecule has 8 heteroatoms. The maximum atomic E-state index is 5.62. The number of nitrogens with zero attached hydrogens (tertiary/aromatic N) is 4. The minimum absolute atomic E-state index is 0.578. The standard InChI is InChI=1S/C19H38N6OS/c1-15(2)9-12-26-13-11-22-18(20-5)21-10-7-8-17-23-24-19(27-6)25(17)14-16(3)4/h15-16H,7-14H2,1-6H3,(H2,20,21,22). The molecule has 0 aromatic carbocycles. The third-order valence-electron chi connectivity index (χ3n) is 4.00. The molecule has 1 aromatic rings. The van der Waals surface area contributed by atoms with Gasteiger partial charge in [-0.3, -0.25) is 4.99 Å². The lowest BCUT2D eigenvalue weighted by atomic mass is 10.1. The van der Waals surface area contributed by atoms with Gasteiger partial charge in [-0.2, -0.15) is 0 Å². The summed E-state index contributed by atoms with van der Waals surface area (Å²) in [5.74, 6) is 3.15. The largest absolute Gasteiger partial charge is 0.380 e. The molecule has 0 aliphatic rings. The first-order chi connectivity index (χ1) is 13.0. The third kappa shape index (κ3) is 10.0. The number of aryl methyl sites for hydroxylation is 1. The molecule has 0 radical (unpaired) electrons. The van der Waals surface area contributed by atoms with Gasteiger partial charge in [-0.1, -0.05) is 39.5 Å². The van der Waals surface area contributed by atoms with Crippen LogP contribution in [-0.4, -0.2) is 60.3 Å². The molecule has 0 unspecified atom stereocenters. The molecule has 1 aromatic heterocycles. The van der Waals surface area contributed by atoms with E-state index in [4.69, 9.17) is 4.74 Å². The summed E-state index contributed by atoms with van der Waals surface area (Å²) in [6.07, 6.45) is 5.04. The normalized spacial score (nSPS) is 12.2. The van der Waals surface area contributed by atoms with Crippen molar-refractivity contribution in [3.63, 3.8) is 0 Å². The number of nitrogens with one attached hydrogen (secondary N) is 2. The van der Waals surface area contributed by atoms with Gasteiger partial charge in [0.1, 0.15) is 5.82 Å². The maximum Gasteiger partial charge on any atom is 0.191 e. The zero-order chi connectivity index (χ0) is 20.1. The lowest BCUT2D eigenvalue weighted by Crippen LogP contribution is -2.39. The van der Waals surface area contributed by atoms with Crippen LogP contribution in [0.4, 0.5) is 0 Å². The van der Waals surface area contributed by atoms with Crippen LogP contribution in [0.5, 0.6) is 0 Å². The predicted molar refractivity (Wildman–Crippen MR) is 115 cm³/mol. The maximum absolute atomic E-state index is 5.62. The number of aliphatic imine (C=N–C) groups is 1. The number of ether oxygens (including phenoxy) is 1. The molecular weight excluding hydrogens is 360 g/mol. The van der Waals surface area contributed by atoms with Crippen LogP contribution < -0.4 is 10.6 Å². The summed E-state index contributed by atoms with van der Waals surface area (Å²) in [6, 6.07) is 0. The van der Waals surface area contributed by atoms with Gasteiger partial charge in [0.25, 0.3) is 0 Å². The molecule has 0 saturated heterocycles. The van der Waals surface area contributed by atoms with Crippen molar-refractivity contribution in [3.05, 3.63) is 5.82 Å². The van der Waals surface area contributed by atoms with Gasteiger partial charge in [-0.15, -0.1) is 10.2 Å². The van der Waals surface area contributed by atoms with E-state index < -0.39 is 0 Å². The molecule has 0 aliphatic heterocycles. The molecule has 2 N–H and O–H groups in total. The summed E-state index contributed by atoms with van der Waals surface area (Å²) in [4.78, 5) is 4.26. The Kier molecular flexibility index (Phi) is 12.2. The third-order valence-corrected chi connectivity index (χ3v) is 4.66. The number of aromatic nitrogens is 3. The van der Waals surface area contributed by atoms with E-state index in [-0.39, 0.29) is 0 Å². The van der Waals surface area contributed by atoms with Gasteiger partial charge in [-0.25, -0.2) is 0 Å². The van der Waals surface area contributed by atoms with Crippen molar-refractivity contribution in [3.8, 4) is 0 Å². The first-order valence-corrected chi connectivity index (χ1v) is 11.2. The summed E-state index contributed by atoms with van der Waals surface area (Å²) in [5.41, 5.74) is 0. The number of rotatable bonds is 13. The Labute approximate surface area is 169 Å². The summed E-state index contributed by atoms with van der Waals surface area (Å²) in [7, 11) is 1.79. The van der Waals surface area contributed by atoms with Crippen LogP contribution in [0.1, 0.15) is 46.4 Å². The Bertz CT molecular complexity index is 544. The van der Waals surface area contributed by atoms with Gasteiger partial charge in [0, 0.05) is 39.7 Å². The highest BCUT2D eigenvalue weighted by Gasteiger charge is 2.12. The molecule has 0 bridgehead atoms. The number of hydrogen-bond donors (Lipinski definition) is 2. The van der Waals surface area contributed by atoms with Gasteiger partial charge in [-0.05, 0) is 30.9 Å². The van der Waals surface area contributed by atoms with Crippen molar-refractivity contribution in [2.75, 3.05) is 39.6 Å². The van der Waals surface area contributed by atoms with Crippen molar-refractivity contribution >= 4 is 17.7 Å². The van der Waals surface area contributed by atoms with Crippen molar-refractivity contribution in [1.82, 2.24) is 25.4 Å². The van der Waals surface area contributed by atoms with Crippen LogP contribution in [0.3, 0.4) is 0 Å². The molecule has 0 aliphatic carbocycles. The fraction of sp³-hybridized carbons (Fsp3) is 0.842. The molecule has 1 heterocycles. The summed E-state index contributed by atoms with van der Waals surface area (Å²) < 4.78 is 7.86. The summed E-state index contributed by atoms with van der Waals surface area (Å²) >= 11 is 1.65. The van der Waals surface area contributed by atoms with Crippen molar-refractivity contribution in [2.24, 2.45) is 16.8 Å². The molecule has 0 spiro atoms. The molecule has 7 nitrogen and oxygen atoms in total. The topological polar surface area (TPSA) is 76.4 Å². The van der Waals surface area contributed by atoms with Crippen LogP contribution in [0.2, 0.25) is 0 Å². The molecule has 156 valence electrons. The second-order valence-electron chi connectivity index (χ2n) is 7.43. The second kappa shape index (κ2) is 13.8. The first kappa shape index (κ1) is 23.8. The highest BCUT2D eigenvalue weighted by Crippen LogP contribution is 2.16.